The normalized spacial score (nSPS) is 14.3. The maximum Gasteiger partial charge on any atom is 0.416 e. The monoisotopic (exact) mass is 327 g/mol. The third-order valence-corrected chi connectivity index (χ3v) is 4.28. The Morgan fingerprint density at radius 1 is 1.14 bits per heavy atom. The van der Waals surface area contributed by atoms with Crippen molar-refractivity contribution in [2.45, 2.75) is 19.1 Å². The number of hydrogen-bond donors (Lipinski definition) is 1. The fraction of sp³-hybridized carbons (Fsp3) is 0.250. The Balaban J connectivity index is 1.94. The molecule has 1 heterocycles. The zero-order valence-corrected chi connectivity index (χ0v) is 12.2. The molecule has 1 aliphatic heterocycles. The summed E-state index contributed by atoms with van der Waals surface area (Å²) in [7, 11) is 0. The highest BCUT2D eigenvalue weighted by Crippen LogP contribution is 2.40. The molecular formula is C16H13ClF3NO. The minimum Gasteiger partial charge on any atom is -0.506 e. The molecule has 0 saturated carbocycles. The van der Waals surface area contributed by atoms with Crippen LogP contribution in [0, 0.1) is 0 Å². The van der Waals surface area contributed by atoms with E-state index in [9.17, 15) is 18.3 Å². The molecule has 3 rings (SSSR count). The summed E-state index contributed by atoms with van der Waals surface area (Å²) in [6.45, 7) is 0.857. The van der Waals surface area contributed by atoms with E-state index >= 15 is 0 Å². The lowest BCUT2D eigenvalue weighted by Gasteiger charge is -2.21. The fourth-order valence-corrected chi connectivity index (χ4v) is 3.01. The average Bonchev–Trinajstić information content (AvgIpc) is 2.86. The molecule has 0 atom stereocenters. The van der Waals surface area contributed by atoms with E-state index in [0.29, 0.717) is 36.3 Å². The zero-order chi connectivity index (χ0) is 15.9. The van der Waals surface area contributed by atoms with Crippen LogP contribution < -0.4 is 4.90 Å². The van der Waals surface area contributed by atoms with Gasteiger partial charge in [-0.25, -0.2) is 0 Å². The molecule has 0 amide bonds. The Hall–Kier alpha value is -1.88. The second kappa shape index (κ2) is 5.39. The lowest BCUT2D eigenvalue weighted by atomic mass is 10.0. The average molecular weight is 328 g/mol. The van der Waals surface area contributed by atoms with Crippen LogP contribution in [0.25, 0.3) is 0 Å². The van der Waals surface area contributed by atoms with Gasteiger partial charge in [0.15, 0.2) is 0 Å². The molecule has 6 heteroatoms. The largest absolute Gasteiger partial charge is 0.506 e. The molecule has 0 unspecified atom stereocenters. The van der Waals surface area contributed by atoms with E-state index in [1.807, 2.05) is 4.90 Å². The van der Waals surface area contributed by atoms with E-state index < -0.39 is 11.7 Å². The number of phenols is 1. The third kappa shape index (κ3) is 2.61. The second-order valence-corrected chi connectivity index (χ2v) is 5.60. The van der Waals surface area contributed by atoms with Gasteiger partial charge < -0.3 is 10.0 Å². The number of benzene rings is 2. The van der Waals surface area contributed by atoms with Gasteiger partial charge in [0.1, 0.15) is 5.75 Å². The molecule has 116 valence electrons. The summed E-state index contributed by atoms with van der Waals surface area (Å²) in [5.74, 6) is -0.0253. The standard InChI is InChI=1S/C16H13ClF3NO/c17-15-10(3-1-6-14(15)22)9-21-8-7-11-12(16(18,19)20)4-2-5-13(11)21/h1-6,22H,7-9H2. The van der Waals surface area contributed by atoms with Crippen molar-refractivity contribution in [2.24, 2.45) is 0 Å². The molecule has 0 fully saturated rings. The minimum atomic E-state index is -4.34. The molecule has 0 bridgehead atoms. The lowest BCUT2D eigenvalue weighted by Crippen LogP contribution is -2.19. The molecule has 2 aromatic carbocycles. The number of halogens is 4. The van der Waals surface area contributed by atoms with Crippen molar-refractivity contribution < 1.29 is 18.3 Å². The van der Waals surface area contributed by atoms with Gasteiger partial charge in [0.25, 0.3) is 0 Å². The number of nitrogens with zero attached hydrogens (tertiary/aromatic N) is 1. The molecule has 0 radical (unpaired) electrons. The molecule has 0 aliphatic carbocycles. The van der Waals surface area contributed by atoms with E-state index in [1.54, 1.807) is 18.2 Å². The molecule has 1 N–H and O–H groups in total. The molecule has 1 aliphatic rings. The highest BCUT2D eigenvalue weighted by molar-refractivity contribution is 6.32. The number of anilines is 1. The Morgan fingerprint density at radius 2 is 1.86 bits per heavy atom. The zero-order valence-electron chi connectivity index (χ0n) is 11.5. The predicted octanol–water partition coefficient (Wildman–Crippen LogP) is 4.63. The topological polar surface area (TPSA) is 23.5 Å². The van der Waals surface area contributed by atoms with E-state index in [2.05, 4.69) is 0 Å². The molecule has 2 nitrogen and oxygen atoms in total. The first-order valence-electron chi connectivity index (χ1n) is 6.78. The molecule has 0 saturated heterocycles. The maximum absolute atomic E-state index is 13.0. The van der Waals surface area contributed by atoms with E-state index in [4.69, 9.17) is 11.6 Å². The number of phenolic OH excluding ortho intramolecular Hbond substituents is 1. The first kappa shape index (κ1) is 15.0. The van der Waals surface area contributed by atoms with Crippen molar-refractivity contribution in [3.63, 3.8) is 0 Å². The van der Waals surface area contributed by atoms with Gasteiger partial charge in [-0.15, -0.1) is 0 Å². The number of rotatable bonds is 2. The van der Waals surface area contributed by atoms with E-state index in [1.165, 1.54) is 12.1 Å². The number of fused-ring (bicyclic) bond motifs is 1. The first-order valence-corrected chi connectivity index (χ1v) is 7.16. The van der Waals surface area contributed by atoms with Crippen molar-refractivity contribution in [3.8, 4) is 5.75 Å². The summed E-state index contributed by atoms with van der Waals surface area (Å²) in [5.41, 5.74) is 1.02. The smallest absolute Gasteiger partial charge is 0.416 e. The van der Waals surface area contributed by atoms with Crippen LogP contribution in [0.2, 0.25) is 5.02 Å². The Bertz CT molecular complexity index is 715. The van der Waals surface area contributed by atoms with Crippen LogP contribution in [0.3, 0.4) is 0 Å². The Labute approximate surface area is 130 Å². The van der Waals surface area contributed by atoms with Crippen LogP contribution >= 0.6 is 11.6 Å². The second-order valence-electron chi connectivity index (χ2n) is 5.22. The van der Waals surface area contributed by atoms with Crippen LogP contribution in [0.15, 0.2) is 36.4 Å². The fourth-order valence-electron chi connectivity index (χ4n) is 2.82. The summed E-state index contributed by atoms with van der Waals surface area (Å²) < 4.78 is 39.1. The summed E-state index contributed by atoms with van der Waals surface area (Å²) in [5, 5.41) is 9.86. The SMILES string of the molecule is Oc1cccc(CN2CCc3c2cccc3C(F)(F)F)c1Cl. The minimum absolute atomic E-state index is 0.0253. The van der Waals surface area contributed by atoms with Crippen LogP contribution in [-0.2, 0) is 19.1 Å². The van der Waals surface area contributed by atoms with Gasteiger partial charge >= 0.3 is 6.18 Å². The van der Waals surface area contributed by atoms with Crippen molar-refractivity contribution >= 4 is 17.3 Å². The Kier molecular flexibility index (Phi) is 3.68. The molecular weight excluding hydrogens is 315 g/mol. The summed E-state index contributed by atoms with van der Waals surface area (Å²) in [4.78, 5) is 1.85. The van der Waals surface area contributed by atoms with E-state index in [0.717, 1.165) is 6.07 Å². The van der Waals surface area contributed by atoms with Crippen LogP contribution in [0.5, 0.6) is 5.75 Å². The predicted molar refractivity (Wildman–Crippen MR) is 79.3 cm³/mol. The summed E-state index contributed by atoms with van der Waals surface area (Å²) >= 11 is 6.05. The quantitative estimate of drug-likeness (QED) is 0.869. The number of alkyl halides is 3. The number of aromatic hydroxyl groups is 1. The van der Waals surface area contributed by atoms with Crippen molar-refractivity contribution in [1.82, 2.24) is 0 Å². The van der Waals surface area contributed by atoms with Crippen molar-refractivity contribution in [2.75, 3.05) is 11.4 Å². The van der Waals surface area contributed by atoms with Gasteiger partial charge in [-0.3, -0.25) is 0 Å². The van der Waals surface area contributed by atoms with E-state index in [-0.39, 0.29) is 10.8 Å². The highest BCUT2D eigenvalue weighted by Gasteiger charge is 2.36. The third-order valence-electron chi connectivity index (χ3n) is 3.85. The van der Waals surface area contributed by atoms with Gasteiger partial charge in [-0.2, -0.15) is 13.2 Å². The maximum atomic E-state index is 13.0. The van der Waals surface area contributed by atoms with Gasteiger partial charge in [-0.05, 0) is 35.7 Å². The molecule has 0 spiro atoms. The van der Waals surface area contributed by atoms with Crippen LogP contribution in [-0.4, -0.2) is 11.7 Å². The number of hydrogen-bond acceptors (Lipinski definition) is 2. The Morgan fingerprint density at radius 3 is 2.59 bits per heavy atom. The van der Waals surface area contributed by atoms with Gasteiger partial charge in [0, 0.05) is 18.8 Å². The lowest BCUT2D eigenvalue weighted by molar-refractivity contribution is -0.138. The molecule has 2 aromatic rings. The molecule has 0 aromatic heterocycles. The highest BCUT2D eigenvalue weighted by atomic mass is 35.5. The summed E-state index contributed by atoms with van der Waals surface area (Å²) in [6, 6.07) is 9.13. The summed E-state index contributed by atoms with van der Waals surface area (Å²) in [6.07, 6.45) is -3.99. The van der Waals surface area contributed by atoms with Crippen molar-refractivity contribution in [3.05, 3.63) is 58.1 Å². The van der Waals surface area contributed by atoms with Crippen LogP contribution in [0.4, 0.5) is 18.9 Å². The van der Waals surface area contributed by atoms with Crippen LogP contribution in [0.1, 0.15) is 16.7 Å². The van der Waals surface area contributed by atoms with Gasteiger partial charge in [0.2, 0.25) is 0 Å². The van der Waals surface area contributed by atoms with Crippen molar-refractivity contribution in [1.29, 1.82) is 0 Å². The first-order chi connectivity index (χ1) is 10.4. The van der Waals surface area contributed by atoms with Gasteiger partial charge in [-0.1, -0.05) is 29.8 Å². The molecule has 22 heavy (non-hydrogen) atoms. The van der Waals surface area contributed by atoms with Gasteiger partial charge in [0.05, 0.1) is 10.6 Å².